The third kappa shape index (κ3) is 3.15. The van der Waals surface area contributed by atoms with Gasteiger partial charge in [0.2, 0.25) is 5.88 Å². The van der Waals surface area contributed by atoms with E-state index in [4.69, 9.17) is 9.84 Å². The van der Waals surface area contributed by atoms with Crippen molar-refractivity contribution < 1.29 is 14.6 Å². The number of benzene rings is 1. The highest BCUT2D eigenvalue weighted by Gasteiger charge is 2.09. The molecule has 1 heterocycles. The van der Waals surface area contributed by atoms with Crippen molar-refractivity contribution in [1.82, 2.24) is 4.98 Å². The molecule has 1 aromatic carbocycles. The van der Waals surface area contributed by atoms with Crippen molar-refractivity contribution in [1.29, 1.82) is 0 Å². The Bertz CT molecular complexity index is 618. The molecule has 4 nitrogen and oxygen atoms in total. The van der Waals surface area contributed by atoms with Gasteiger partial charge < -0.3 is 9.84 Å². The van der Waals surface area contributed by atoms with Crippen LogP contribution < -0.4 is 4.74 Å². The molecule has 0 unspecified atom stereocenters. The molecule has 0 bridgehead atoms. The van der Waals surface area contributed by atoms with Gasteiger partial charge in [0, 0.05) is 11.8 Å². The molecule has 20 heavy (non-hydrogen) atoms. The van der Waals surface area contributed by atoms with Crippen LogP contribution in [0.15, 0.2) is 36.5 Å². The largest absolute Gasteiger partial charge is 0.478 e. The van der Waals surface area contributed by atoms with Gasteiger partial charge in [-0.15, -0.1) is 0 Å². The molecule has 0 saturated carbocycles. The average Bonchev–Trinajstić information content (AvgIpc) is 2.41. The van der Waals surface area contributed by atoms with E-state index in [1.807, 2.05) is 24.3 Å². The lowest BCUT2D eigenvalue weighted by Gasteiger charge is -2.10. The summed E-state index contributed by atoms with van der Waals surface area (Å²) < 4.78 is 5.67. The molecule has 0 amide bonds. The van der Waals surface area contributed by atoms with Crippen molar-refractivity contribution in [2.45, 2.75) is 26.7 Å². The van der Waals surface area contributed by atoms with Crippen molar-refractivity contribution in [3.8, 4) is 11.6 Å². The Labute approximate surface area is 118 Å². The Morgan fingerprint density at radius 1 is 1.25 bits per heavy atom. The zero-order chi connectivity index (χ0) is 14.7. The Morgan fingerprint density at radius 2 is 1.90 bits per heavy atom. The van der Waals surface area contributed by atoms with E-state index in [1.165, 1.54) is 11.8 Å². The lowest BCUT2D eigenvalue weighted by Crippen LogP contribution is -2.00. The second kappa shape index (κ2) is 5.74. The Balaban J connectivity index is 2.19. The maximum Gasteiger partial charge on any atom is 0.337 e. The summed E-state index contributed by atoms with van der Waals surface area (Å²) in [4.78, 5) is 14.9. The zero-order valence-corrected chi connectivity index (χ0v) is 11.8. The summed E-state index contributed by atoms with van der Waals surface area (Å²) in [5, 5.41) is 8.89. The van der Waals surface area contributed by atoms with Crippen molar-refractivity contribution >= 4 is 5.97 Å². The number of nitrogens with zero attached hydrogens (tertiary/aromatic N) is 1. The quantitative estimate of drug-likeness (QED) is 0.912. The number of aromatic carboxylic acids is 1. The summed E-state index contributed by atoms with van der Waals surface area (Å²) in [5.41, 5.74) is 2.09. The summed E-state index contributed by atoms with van der Waals surface area (Å²) in [5.74, 6) is 0.590. The zero-order valence-electron chi connectivity index (χ0n) is 11.8. The molecule has 0 radical (unpaired) electrons. The molecule has 0 atom stereocenters. The first kappa shape index (κ1) is 14.1. The van der Waals surface area contributed by atoms with Gasteiger partial charge in [-0.3, -0.25) is 0 Å². The molecule has 0 saturated heterocycles. The molecule has 104 valence electrons. The Kier molecular flexibility index (Phi) is 4.03. The first-order chi connectivity index (χ1) is 9.47. The number of carboxylic acid groups (broad SMARTS) is 1. The fourth-order valence-electron chi connectivity index (χ4n) is 1.82. The molecule has 0 aliphatic carbocycles. The van der Waals surface area contributed by atoms with Gasteiger partial charge in [-0.2, -0.15) is 0 Å². The standard InChI is InChI=1S/C16H17NO3/c1-10(2)12-4-6-14(7-5-12)20-15-11(3)8-13(9-17-15)16(18)19/h4-10H,1-3H3,(H,18,19). The van der Waals surface area contributed by atoms with E-state index in [9.17, 15) is 4.79 Å². The number of aryl methyl sites for hydroxylation is 1. The predicted molar refractivity (Wildman–Crippen MR) is 76.5 cm³/mol. The van der Waals surface area contributed by atoms with Gasteiger partial charge in [-0.25, -0.2) is 9.78 Å². The maximum absolute atomic E-state index is 10.8. The van der Waals surface area contributed by atoms with Crippen LogP contribution in [-0.2, 0) is 0 Å². The highest BCUT2D eigenvalue weighted by atomic mass is 16.5. The number of carbonyl (C=O) groups is 1. The number of hydrogen-bond acceptors (Lipinski definition) is 3. The van der Waals surface area contributed by atoms with Crippen molar-refractivity contribution in [3.05, 3.63) is 53.2 Å². The minimum Gasteiger partial charge on any atom is -0.478 e. The van der Waals surface area contributed by atoms with Gasteiger partial charge >= 0.3 is 5.97 Å². The summed E-state index contributed by atoms with van der Waals surface area (Å²) in [7, 11) is 0. The number of carboxylic acids is 1. The van der Waals surface area contributed by atoms with Crippen LogP contribution in [0.25, 0.3) is 0 Å². The smallest absolute Gasteiger partial charge is 0.337 e. The molecule has 0 spiro atoms. The van der Waals surface area contributed by atoms with Crippen LogP contribution in [0.3, 0.4) is 0 Å². The molecule has 0 aliphatic rings. The van der Waals surface area contributed by atoms with Crippen LogP contribution in [0.4, 0.5) is 0 Å². The van der Waals surface area contributed by atoms with E-state index in [0.29, 0.717) is 23.1 Å². The topological polar surface area (TPSA) is 59.4 Å². The van der Waals surface area contributed by atoms with Gasteiger partial charge in [-0.05, 0) is 36.6 Å². The molecule has 2 rings (SSSR count). The van der Waals surface area contributed by atoms with Crippen LogP contribution >= 0.6 is 0 Å². The molecule has 1 aromatic heterocycles. The van der Waals surface area contributed by atoms with Crippen molar-refractivity contribution in [2.75, 3.05) is 0 Å². The SMILES string of the molecule is Cc1cc(C(=O)O)cnc1Oc1ccc(C(C)C)cc1. The number of pyridine rings is 1. The van der Waals surface area contributed by atoms with Gasteiger partial charge in [-0.1, -0.05) is 26.0 Å². The van der Waals surface area contributed by atoms with Gasteiger partial charge in [0.15, 0.2) is 0 Å². The molecule has 1 N–H and O–H groups in total. The van der Waals surface area contributed by atoms with E-state index in [1.54, 1.807) is 13.0 Å². The first-order valence-corrected chi connectivity index (χ1v) is 6.45. The van der Waals surface area contributed by atoms with Crippen molar-refractivity contribution in [2.24, 2.45) is 0 Å². The lowest BCUT2D eigenvalue weighted by atomic mass is 10.0. The highest BCUT2D eigenvalue weighted by molar-refractivity contribution is 5.87. The average molecular weight is 271 g/mol. The highest BCUT2D eigenvalue weighted by Crippen LogP contribution is 2.25. The number of ether oxygens (including phenoxy) is 1. The molecule has 0 aliphatic heterocycles. The van der Waals surface area contributed by atoms with E-state index in [2.05, 4.69) is 18.8 Å². The van der Waals surface area contributed by atoms with E-state index >= 15 is 0 Å². The van der Waals surface area contributed by atoms with Crippen molar-refractivity contribution in [3.63, 3.8) is 0 Å². The van der Waals surface area contributed by atoms with Gasteiger partial charge in [0.1, 0.15) is 5.75 Å². The first-order valence-electron chi connectivity index (χ1n) is 6.45. The van der Waals surface area contributed by atoms with Gasteiger partial charge in [0.25, 0.3) is 0 Å². The number of rotatable bonds is 4. The fraction of sp³-hybridized carbons (Fsp3) is 0.250. The minimum atomic E-state index is -0.992. The second-order valence-electron chi connectivity index (χ2n) is 4.98. The van der Waals surface area contributed by atoms with E-state index in [0.717, 1.165) is 0 Å². The monoisotopic (exact) mass is 271 g/mol. The third-order valence-electron chi connectivity index (χ3n) is 3.04. The summed E-state index contributed by atoms with van der Waals surface area (Å²) in [6.45, 7) is 6.04. The fourth-order valence-corrected chi connectivity index (χ4v) is 1.82. The summed E-state index contributed by atoms with van der Waals surface area (Å²) >= 11 is 0. The Hall–Kier alpha value is -2.36. The van der Waals surface area contributed by atoms with Crippen LogP contribution in [0.2, 0.25) is 0 Å². The summed E-state index contributed by atoms with van der Waals surface area (Å²) in [6.07, 6.45) is 1.30. The predicted octanol–water partition coefficient (Wildman–Crippen LogP) is 4.00. The molecular formula is C16H17NO3. The van der Waals surface area contributed by atoms with Crippen LogP contribution in [0.1, 0.15) is 41.3 Å². The minimum absolute atomic E-state index is 0.157. The van der Waals surface area contributed by atoms with E-state index < -0.39 is 5.97 Å². The number of hydrogen-bond donors (Lipinski definition) is 1. The van der Waals surface area contributed by atoms with Crippen LogP contribution in [0, 0.1) is 6.92 Å². The van der Waals surface area contributed by atoms with Crippen LogP contribution in [-0.4, -0.2) is 16.1 Å². The second-order valence-corrected chi connectivity index (χ2v) is 4.98. The normalized spacial score (nSPS) is 10.6. The third-order valence-corrected chi connectivity index (χ3v) is 3.04. The molecule has 0 fully saturated rings. The Morgan fingerprint density at radius 3 is 2.40 bits per heavy atom. The van der Waals surface area contributed by atoms with Gasteiger partial charge in [0.05, 0.1) is 5.56 Å². The number of aromatic nitrogens is 1. The molecule has 2 aromatic rings. The lowest BCUT2D eigenvalue weighted by molar-refractivity contribution is 0.0696. The molecular weight excluding hydrogens is 254 g/mol. The molecule has 4 heteroatoms. The summed E-state index contributed by atoms with van der Waals surface area (Å²) in [6, 6.07) is 9.36. The van der Waals surface area contributed by atoms with Crippen LogP contribution in [0.5, 0.6) is 11.6 Å². The van der Waals surface area contributed by atoms with E-state index in [-0.39, 0.29) is 5.56 Å². The maximum atomic E-state index is 10.8.